The van der Waals surface area contributed by atoms with Crippen LogP contribution < -0.4 is 11.1 Å². The minimum Gasteiger partial charge on any atom is -0.347 e. The molecule has 5 heteroatoms. The Hall–Kier alpha value is -0.580. The lowest BCUT2D eigenvalue weighted by molar-refractivity contribution is 0.0939. The smallest absolute Gasteiger partial charge is 0.261 e. The fourth-order valence-electron chi connectivity index (χ4n) is 1.56. The van der Waals surface area contributed by atoms with Crippen molar-refractivity contribution in [1.82, 2.24) is 5.32 Å². The van der Waals surface area contributed by atoms with Crippen LogP contribution in [0, 0.1) is 6.92 Å². The van der Waals surface area contributed by atoms with Crippen LogP contribution in [0.3, 0.4) is 0 Å². The quantitative estimate of drug-likeness (QED) is 0.839. The Kier molecular flexibility index (Phi) is 8.21. The number of thiophene rings is 1. The van der Waals surface area contributed by atoms with Crippen molar-refractivity contribution in [3.8, 4) is 0 Å². The summed E-state index contributed by atoms with van der Waals surface area (Å²) in [6, 6.07) is 2.07. The molecule has 0 radical (unpaired) electrons. The summed E-state index contributed by atoms with van der Waals surface area (Å²) in [4.78, 5) is 12.7. The van der Waals surface area contributed by atoms with Gasteiger partial charge in [0.1, 0.15) is 0 Å². The highest BCUT2D eigenvalue weighted by atomic mass is 35.5. The lowest BCUT2D eigenvalue weighted by atomic mass is 10.1. The van der Waals surface area contributed by atoms with Crippen LogP contribution >= 0.6 is 23.7 Å². The largest absolute Gasteiger partial charge is 0.347 e. The zero-order chi connectivity index (χ0) is 12.0. The van der Waals surface area contributed by atoms with E-state index in [1.165, 1.54) is 11.3 Å². The van der Waals surface area contributed by atoms with Crippen molar-refractivity contribution in [3.05, 3.63) is 21.9 Å². The standard InChI is InChI=1S/C12H20N2OS.ClH/c1-3-4-5-10(8-13)14-12(15)11-9(2)6-7-16-11;/h6-7,10H,3-5,8,13H2,1-2H3,(H,14,15);1H. The number of amides is 1. The zero-order valence-corrected chi connectivity index (χ0v) is 12.0. The van der Waals surface area contributed by atoms with Gasteiger partial charge >= 0.3 is 0 Å². The molecule has 0 aromatic carbocycles. The van der Waals surface area contributed by atoms with Gasteiger partial charge in [0.25, 0.3) is 5.91 Å². The fourth-order valence-corrected chi connectivity index (χ4v) is 2.38. The van der Waals surface area contributed by atoms with E-state index in [-0.39, 0.29) is 24.4 Å². The molecule has 0 bridgehead atoms. The van der Waals surface area contributed by atoms with Crippen LogP contribution in [0.2, 0.25) is 0 Å². The number of carbonyl (C=O) groups is 1. The molecule has 1 heterocycles. The molecular weight excluding hydrogens is 256 g/mol. The van der Waals surface area contributed by atoms with Gasteiger partial charge in [0.05, 0.1) is 4.88 Å². The molecule has 0 saturated carbocycles. The normalized spacial score (nSPS) is 11.7. The van der Waals surface area contributed by atoms with Crippen LogP contribution in [0.1, 0.15) is 41.4 Å². The molecule has 1 amide bonds. The highest BCUT2D eigenvalue weighted by molar-refractivity contribution is 7.12. The highest BCUT2D eigenvalue weighted by Crippen LogP contribution is 2.15. The molecule has 0 fully saturated rings. The molecular formula is C12H21ClN2OS. The third kappa shape index (κ3) is 5.06. The minimum absolute atomic E-state index is 0. The van der Waals surface area contributed by atoms with Crippen LogP contribution in [0.5, 0.6) is 0 Å². The Morgan fingerprint density at radius 2 is 2.29 bits per heavy atom. The Morgan fingerprint density at radius 1 is 1.59 bits per heavy atom. The van der Waals surface area contributed by atoms with Crippen molar-refractivity contribution in [1.29, 1.82) is 0 Å². The van der Waals surface area contributed by atoms with Crippen LogP contribution in [-0.4, -0.2) is 18.5 Å². The number of rotatable bonds is 6. The molecule has 1 unspecified atom stereocenters. The Bertz CT molecular complexity index is 341. The number of aryl methyl sites for hydroxylation is 1. The molecule has 1 aromatic rings. The number of unbranched alkanes of at least 4 members (excludes halogenated alkanes) is 1. The Labute approximate surface area is 113 Å². The summed E-state index contributed by atoms with van der Waals surface area (Å²) < 4.78 is 0. The van der Waals surface area contributed by atoms with Crippen molar-refractivity contribution in [2.24, 2.45) is 5.73 Å². The topological polar surface area (TPSA) is 55.1 Å². The molecule has 0 spiro atoms. The summed E-state index contributed by atoms with van der Waals surface area (Å²) in [5, 5.41) is 4.93. The van der Waals surface area contributed by atoms with Crippen LogP contribution in [-0.2, 0) is 0 Å². The maximum Gasteiger partial charge on any atom is 0.261 e. The van der Waals surface area contributed by atoms with E-state index in [0.717, 1.165) is 29.7 Å². The number of hydrogen-bond acceptors (Lipinski definition) is 3. The van der Waals surface area contributed by atoms with Gasteiger partial charge in [-0.05, 0) is 30.4 Å². The van der Waals surface area contributed by atoms with Gasteiger partial charge in [0, 0.05) is 12.6 Å². The summed E-state index contributed by atoms with van der Waals surface area (Å²) in [6.45, 7) is 4.60. The first-order valence-corrected chi connectivity index (χ1v) is 6.62. The summed E-state index contributed by atoms with van der Waals surface area (Å²) >= 11 is 1.48. The van der Waals surface area contributed by atoms with E-state index in [2.05, 4.69) is 12.2 Å². The van der Waals surface area contributed by atoms with Crippen molar-refractivity contribution < 1.29 is 4.79 Å². The maximum atomic E-state index is 11.9. The average molecular weight is 277 g/mol. The predicted octanol–water partition coefficient (Wildman–Crippen LogP) is 2.73. The first-order chi connectivity index (χ1) is 7.69. The first-order valence-electron chi connectivity index (χ1n) is 5.74. The van der Waals surface area contributed by atoms with Crippen molar-refractivity contribution in [2.75, 3.05) is 6.54 Å². The summed E-state index contributed by atoms with van der Waals surface area (Å²) in [5.74, 6) is 0.0130. The highest BCUT2D eigenvalue weighted by Gasteiger charge is 2.14. The van der Waals surface area contributed by atoms with Gasteiger partial charge in [-0.1, -0.05) is 19.8 Å². The van der Waals surface area contributed by atoms with Crippen LogP contribution in [0.4, 0.5) is 0 Å². The van der Waals surface area contributed by atoms with Gasteiger partial charge < -0.3 is 11.1 Å². The first kappa shape index (κ1) is 16.4. The summed E-state index contributed by atoms with van der Waals surface area (Å²) in [5.41, 5.74) is 6.68. The second-order valence-corrected chi connectivity index (χ2v) is 4.90. The zero-order valence-electron chi connectivity index (χ0n) is 10.4. The molecule has 1 atom stereocenters. The van der Waals surface area contributed by atoms with Gasteiger partial charge in [-0.15, -0.1) is 23.7 Å². The number of hydrogen-bond donors (Lipinski definition) is 2. The number of nitrogens with two attached hydrogens (primary N) is 1. The molecule has 1 rings (SSSR count). The van der Waals surface area contributed by atoms with E-state index in [1.807, 2.05) is 18.4 Å². The maximum absolute atomic E-state index is 11.9. The van der Waals surface area contributed by atoms with Crippen molar-refractivity contribution in [2.45, 2.75) is 39.2 Å². The lowest BCUT2D eigenvalue weighted by Crippen LogP contribution is -2.40. The van der Waals surface area contributed by atoms with Gasteiger partial charge in [0.2, 0.25) is 0 Å². The van der Waals surface area contributed by atoms with Crippen molar-refractivity contribution in [3.63, 3.8) is 0 Å². The average Bonchev–Trinajstić information content (AvgIpc) is 2.70. The third-order valence-electron chi connectivity index (χ3n) is 2.59. The van der Waals surface area contributed by atoms with E-state index >= 15 is 0 Å². The minimum atomic E-state index is 0. The summed E-state index contributed by atoms with van der Waals surface area (Å²) in [6.07, 6.45) is 3.19. The molecule has 17 heavy (non-hydrogen) atoms. The monoisotopic (exact) mass is 276 g/mol. The number of carbonyl (C=O) groups excluding carboxylic acids is 1. The summed E-state index contributed by atoms with van der Waals surface area (Å²) in [7, 11) is 0. The Balaban J connectivity index is 0.00000256. The fraction of sp³-hybridized carbons (Fsp3) is 0.583. The predicted molar refractivity (Wildman–Crippen MR) is 76.1 cm³/mol. The molecule has 0 aliphatic rings. The molecule has 98 valence electrons. The molecule has 1 aromatic heterocycles. The van der Waals surface area contributed by atoms with Gasteiger partial charge in [-0.3, -0.25) is 4.79 Å². The Morgan fingerprint density at radius 3 is 2.76 bits per heavy atom. The molecule has 0 saturated heterocycles. The van der Waals surface area contributed by atoms with E-state index in [4.69, 9.17) is 5.73 Å². The molecule has 3 nitrogen and oxygen atoms in total. The number of halogens is 1. The SMILES string of the molecule is CCCCC(CN)NC(=O)c1sccc1C.Cl. The van der Waals surface area contributed by atoms with Crippen LogP contribution in [0.15, 0.2) is 11.4 Å². The molecule has 0 aliphatic carbocycles. The van der Waals surface area contributed by atoms with Gasteiger partial charge in [-0.2, -0.15) is 0 Å². The lowest BCUT2D eigenvalue weighted by Gasteiger charge is -2.16. The molecule has 0 aliphatic heterocycles. The van der Waals surface area contributed by atoms with Crippen molar-refractivity contribution >= 4 is 29.7 Å². The van der Waals surface area contributed by atoms with Gasteiger partial charge in [0.15, 0.2) is 0 Å². The van der Waals surface area contributed by atoms with E-state index in [9.17, 15) is 4.79 Å². The van der Waals surface area contributed by atoms with E-state index in [0.29, 0.717) is 6.54 Å². The van der Waals surface area contributed by atoms with E-state index in [1.54, 1.807) is 0 Å². The molecule has 3 N–H and O–H groups in total. The van der Waals surface area contributed by atoms with E-state index < -0.39 is 0 Å². The van der Waals surface area contributed by atoms with Crippen LogP contribution in [0.25, 0.3) is 0 Å². The third-order valence-corrected chi connectivity index (χ3v) is 3.61. The second-order valence-electron chi connectivity index (χ2n) is 3.98. The number of nitrogens with one attached hydrogen (secondary N) is 1. The van der Waals surface area contributed by atoms with Gasteiger partial charge in [-0.25, -0.2) is 0 Å². The second kappa shape index (κ2) is 8.50.